The number of nitrogens with zero attached hydrogens (tertiary/aromatic N) is 2. The van der Waals surface area contributed by atoms with Crippen molar-refractivity contribution < 1.29 is 0 Å². The van der Waals surface area contributed by atoms with Crippen molar-refractivity contribution in [3.05, 3.63) is 59.8 Å². The van der Waals surface area contributed by atoms with Gasteiger partial charge in [0.05, 0.1) is 5.52 Å². The normalized spacial score (nSPS) is 11.3. The minimum absolute atomic E-state index is 0.610. The summed E-state index contributed by atoms with van der Waals surface area (Å²) in [6.45, 7) is 6.65. The van der Waals surface area contributed by atoms with Gasteiger partial charge < -0.3 is 0 Å². The van der Waals surface area contributed by atoms with Crippen LogP contribution in [0.3, 0.4) is 0 Å². The Hall–Kier alpha value is -2.22. The number of hydrogen-bond acceptors (Lipinski definition) is 2. The lowest BCUT2D eigenvalue weighted by molar-refractivity contribution is 0.641. The predicted octanol–water partition coefficient (Wildman–Crippen LogP) is 5.51. The Morgan fingerprint density at radius 3 is 2.55 bits per heavy atom. The minimum Gasteiger partial charge on any atom is -0.236 e. The zero-order valence-corrected chi connectivity index (χ0v) is 13.5. The van der Waals surface area contributed by atoms with Crippen LogP contribution in [0.25, 0.3) is 22.3 Å². The summed E-state index contributed by atoms with van der Waals surface area (Å²) < 4.78 is 0. The Morgan fingerprint density at radius 1 is 1.00 bits per heavy atom. The molecule has 1 heterocycles. The monoisotopic (exact) mass is 290 g/mol. The van der Waals surface area contributed by atoms with Gasteiger partial charge in [-0.1, -0.05) is 43.7 Å². The molecule has 0 fully saturated rings. The molecule has 112 valence electrons. The van der Waals surface area contributed by atoms with Gasteiger partial charge in [0.25, 0.3) is 0 Å². The first-order valence-electron chi connectivity index (χ1n) is 8.05. The van der Waals surface area contributed by atoms with Gasteiger partial charge in [-0.05, 0) is 49.4 Å². The summed E-state index contributed by atoms with van der Waals surface area (Å²) in [5.74, 6) is 1.42. The quantitative estimate of drug-likeness (QED) is 0.633. The molecule has 3 rings (SSSR count). The van der Waals surface area contributed by atoms with Crippen molar-refractivity contribution in [1.82, 2.24) is 9.97 Å². The van der Waals surface area contributed by atoms with E-state index in [0.717, 1.165) is 35.1 Å². The smallest absolute Gasteiger partial charge is 0.159 e. The first-order chi connectivity index (χ1) is 10.7. The van der Waals surface area contributed by atoms with Crippen LogP contribution in [0, 0.1) is 6.92 Å². The van der Waals surface area contributed by atoms with Gasteiger partial charge >= 0.3 is 0 Å². The number of benzene rings is 2. The van der Waals surface area contributed by atoms with Gasteiger partial charge in [-0.25, -0.2) is 9.97 Å². The Labute approximate surface area is 132 Å². The van der Waals surface area contributed by atoms with Crippen LogP contribution in [0.5, 0.6) is 0 Å². The molecule has 2 heteroatoms. The number of aromatic nitrogens is 2. The molecule has 0 saturated carbocycles. The molecular weight excluding hydrogens is 268 g/mol. The van der Waals surface area contributed by atoms with Crippen LogP contribution >= 0.6 is 0 Å². The maximum atomic E-state index is 4.73. The van der Waals surface area contributed by atoms with Crippen molar-refractivity contribution in [1.29, 1.82) is 0 Å². The summed E-state index contributed by atoms with van der Waals surface area (Å²) in [7, 11) is 0. The zero-order valence-electron chi connectivity index (χ0n) is 13.5. The largest absolute Gasteiger partial charge is 0.236 e. The van der Waals surface area contributed by atoms with Crippen LogP contribution < -0.4 is 0 Å². The SMILES string of the molecule is CCC(CC)c1cc(C)cc(-c2ncc3ccccc3n2)c1. The molecule has 0 radical (unpaired) electrons. The van der Waals surface area contributed by atoms with Gasteiger partial charge in [-0.15, -0.1) is 0 Å². The molecule has 0 aliphatic heterocycles. The van der Waals surface area contributed by atoms with Crippen molar-refractivity contribution >= 4 is 10.9 Å². The third-order valence-corrected chi connectivity index (χ3v) is 4.30. The van der Waals surface area contributed by atoms with Gasteiger partial charge in [-0.2, -0.15) is 0 Å². The lowest BCUT2D eigenvalue weighted by atomic mass is 9.91. The average Bonchev–Trinajstić information content (AvgIpc) is 2.55. The summed E-state index contributed by atoms with van der Waals surface area (Å²) >= 11 is 0. The Kier molecular flexibility index (Phi) is 4.19. The van der Waals surface area contributed by atoms with Crippen LogP contribution in [0.15, 0.2) is 48.7 Å². The summed E-state index contributed by atoms with van der Waals surface area (Å²) in [5, 5.41) is 1.08. The maximum absolute atomic E-state index is 4.73. The number of fused-ring (bicyclic) bond motifs is 1. The summed E-state index contributed by atoms with van der Waals surface area (Å²) in [5.41, 5.74) is 4.79. The van der Waals surface area contributed by atoms with Gasteiger partial charge in [0, 0.05) is 17.1 Å². The van der Waals surface area contributed by atoms with Crippen LogP contribution in [0.1, 0.15) is 43.7 Å². The molecular formula is C20H22N2. The van der Waals surface area contributed by atoms with Crippen molar-refractivity contribution in [2.75, 3.05) is 0 Å². The number of hydrogen-bond donors (Lipinski definition) is 0. The van der Waals surface area contributed by atoms with E-state index in [9.17, 15) is 0 Å². The second-order valence-electron chi connectivity index (χ2n) is 5.90. The van der Waals surface area contributed by atoms with E-state index >= 15 is 0 Å². The first kappa shape index (κ1) is 14.7. The van der Waals surface area contributed by atoms with Crippen molar-refractivity contribution in [2.24, 2.45) is 0 Å². The van der Waals surface area contributed by atoms with E-state index in [1.165, 1.54) is 11.1 Å². The van der Waals surface area contributed by atoms with Crippen LogP contribution in [0.4, 0.5) is 0 Å². The van der Waals surface area contributed by atoms with Crippen molar-refractivity contribution in [3.63, 3.8) is 0 Å². The zero-order chi connectivity index (χ0) is 15.5. The lowest BCUT2D eigenvalue weighted by Gasteiger charge is -2.15. The molecule has 0 unspecified atom stereocenters. The first-order valence-corrected chi connectivity index (χ1v) is 8.05. The Balaban J connectivity index is 2.09. The topological polar surface area (TPSA) is 25.8 Å². The highest BCUT2D eigenvalue weighted by Gasteiger charge is 2.11. The molecule has 0 N–H and O–H groups in total. The van der Waals surface area contributed by atoms with Gasteiger partial charge in [0.1, 0.15) is 0 Å². The highest BCUT2D eigenvalue weighted by atomic mass is 14.9. The predicted molar refractivity (Wildman–Crippen MR) is 93.0 cm³/mol. The van der Waals surface area contributed by atoms with E-state index in [1.807, 2.05) is 30.5 Å². The second kappa shape index (κ2) is 6.27. The highest BCUT2D eigenvalue weighted by molar-refractivity contribution is 5.79. The number of aryl methyl sites for hydroxylation is 1. The fourth-order valence-electron chi connectivity index (χ4n) is 3.05. The lowest BCUT2D eigenvalue weighted by Crippen LogP contribution is -1.98. The fraction of sp³-hybridized carbons (Fsp3) is 0.300. The van der Waals surface area contributed by atoms with Crippen LogP contribution in [-0.2, 0) is 0 Å². The molecule has 2 nitrogen and oxygen atoms in total. The third kappa shape index (κ3) is 2.87. The van der Waals surface area contributed by atoms with E-state index in [4.69, 9.17) is 4.98 Å². The van der Waals surface area contributed by atoms with Crippen LogP contribution in [0.2, 0.25) is 0 Å². The highest BCUT2D eigenvalue weighted by Crippen LogP contribution is 2.28. The standard InChI is InChI=1S/C20H22N2/c1-4-15(5-2)17-10-14(3)11-18(12-17)20-21-13-16-8-6-7-9-19(16)22-20/h6-13,15H,4-5H2,1-3H3. The molecule has 0 saturated heterocycles. The van der Waals surface area contributed by atoms with Gasteiger partial charge in [-0.3, -0.25) is 0 Å². The summed E-state index contributed by atoms with van der Waals surface area (Å²) in [6, 6.07) is 14.9. The molecule has 0 bridgehead atoms. The molecule has 22 heavy (non-hydrogen) atoms. The molecule has 0 spiro atoms. The fourth-order valence-corrected chi connectivity index (χ4v) is 3.05. The molecule has 0 atom stereocenters. The van der Waals surface area contributed by atoms with E-state index in [-0.39, 0.29) is 0 Å². The number of para-hydroxylation sites is 1. The van der Waals surface area contributed by atoms with E-state index in [1.54, 1.807) is 0 Å². The van der Waals surface area contributed by atoms with E-state index < -0.39 is 0 Å². The molecule has 0 aliphatic carbocycles. The third-order valence-electron chi connectivity index (χ3n) is 4.30. The van der Waals surface area contributed by atoms with Crippen LogP contribution in [-0.4, -0.2) is 9.97 Å². The van der Waals surface area contributed by atoms with Gasteiger partial charge in [0.2, 0.25) is 0 Å². The van der Waals surface area contributed by atoms with E-state index in [2.05, 4.69) is 44.0 Å². The molecule has 2 aromatic carbocycles. The summed E-state index contributed by atoms with van der Waals surface area (Å²) in [4.78, 5) is 9.29. The second-order valence-corrected chi connectivity index (χ2v) is 5.90. The molecule has 0 amide bonds. The average molecular weight is 290 g/mol. The molecule has 0 aliphatic rings. The van der Waals surface area contributed by atoms with E-state index in [0.29, 0.717) is 5.92 Å². The summed E-state index contributed by atoms with van der Waals surface area (Å²) in [6.07, 6.45) is 4.24. The number of rotatable bonds is 4. The Morgan fingerprint density at radius 2 is 1.77 bits per heavy atom. The Bertz CT molecular complexity index is 789. The van der Waals surface area contributed by atoms with Crippen molar-refractivity contribution in [3.8, 4) is 11.4 Å². The van der Waals surface area contributed by atoms with Crippen molar-refractivity contribution in [2.45, 2.75) is 39.5 Å². The molecule has 1 aromatic heterocycles. The maximum Gasteiger partial charge on any atom is 0.159 e. The van der Waals surface area contributed by atoms with Gasteiger partial charge in [0.15, 0.2) is 5.82 Å². The molecule has 3 aromatic rings. The minimum atomic E-state index is 0.610.